The lowest BCUT2D eigenvalue weighted by molar-refractivity contribution is 0.0998. The average molecular weight is 486 g/mol. The fraction of sp³-hybridized carbons (Fsp3) is 0.130. The van der Waals surface area contributed by atoms with Gasteiger partial charge in [0.05, 0.1) is 15.1 Å². The SMILES string of the molecule is Cc1ccc(S(=O)(=O)Nc2cccc(C(=O)N=c3sc4cc(Cl)cc(C)c4n3C)c2)cc1. The van der Waals surface area contributed by atoms with Crippen molar-refractivity contribution in [1.29, 1.82) is 0 Å². The number of hydrogen-bond acceptors (Lipinski definition) is 4. The van der Waals surface area contributed by atoms with E-state index in [2.05, 4.69) is 9.71 Å². The fourth-order valence-electron chi connectivity index (χ4n) is 3.37. The maximum Gasteiger partial charge on any atom is 0.279 e. The molecule has 32 heavy (non-hydrogen) atoms. The minimum Gasteiger partial charge on any atom is -0.319 e. The number of halogens is 1. The van der Waals surface area contributed by atoms with Crippen molar-refractivity contribution >= 4 is 54.8 Å². The van der Waals surface area contributed by atoms with Crippen molar-refractivity contribution < 1.29 is 13.2 Å². The first-order chi connectivity index (χ1) is 15.1. The molecule has 0 bridgehead atoms. The Balaban J connectivity index is 1.66. The maximum absolute atomic E-state index is 12.8. The van der Waals surface area contributed by atoms with Crippen LogP contribution in [0.25, 0.3) is 10.2 Å². The van der Waals surface area contributed by atoms with Gasteiger partial charge in [0.25, 0.3) is 15.9 Å². The highest BCUT2D eigenvalue weighted by Crippen LogP contribution is 2.25. The second-order valence-electron chi connectivity index (χ2n) is 7.43. The van der Waals surface area contributed by atoms with Crippen LogP contribution < -0.4 is 9.52 Å². The van der Waals surface area contributed by atoms with Crippen LogP contribution in [0, 0.1) is 13.8 Å². The first kappa shape index (κ1) is 22.3. The van der Waals surface area contributed by atoms with E-state index in [-0.39, 0.29) is 16.1 Å². The molecule has 1 heterocycles. The van der Waals surface area contributed by atoms with E-state index in [1.165, 1.54) is 29.5 Å². The molecule has 1 aromatic heterocycles. The van der Waals surface area contributed by atoms with Gasteiger partial charge >= 0.3 is 0 Å². The third-order valence-electron chi connectivity index (χ3n) is 4.94. The summed E-state index contributed by atoms with van der Waals surface area (Å²) < 4.78 is 30.6. The topological polar surface area (TPSA) is 80.5 Å². The zero-order valence-corrected chi connectivity index (χ0v) is 20.0. The highest BCUT2D eigenvalue weighted by molar-refractivity contribution is 7.92. The lowest BCUT2D eigenvalue weighted by Crippen LogP contribution is -2.15. The lowest BCUT2D eigenvalue weighted by atomic mass is 10.2. The van der Waals surface area contributed by atoms with Gasteiger partial charge in [0.15, 0.2) is 4.80 Å². The molecule has 4 rings (SSSR count). The Bertz CT molecular complexity index is 1520. The molecule has 0 aliphatic heterocycles. The van der Waals surface area contributed by atoms with E-state index in [4.69, 9.17) is 11.6 Å². The smallest absolute Gasteiger partial charge is 0.279 e. The molecule has 1 amide bonds. The molecule has 4 aromatic rings. The van der Waals surface area contributed by atoms with Crippen LogP contribution in [0.1, 0.15) is 21.5 Å². The van der Waals surface area contributed by atoms with Crippen molar-refractivity contribution in [3.05, 3.63) is 87.2 Å². The molecule has 0 unspecified atom stereocenters. The van der Waals surface area contributed by atoms with E-state index >= 15 is 0 Å². The number of aryl methyl sites for hydroxylation is 3. The Hall–Kier alpha value is -2.94. The van der Waals surface area contributed by atoms with Crippen LogP contribution in [0.15, 0.2) is 70.6 Å². The standard InChI is InChI=1S/C23H20ClN3O3S2/c1-14-7-9-19(10-8-14)32(29,30)26-18-6-4-5-16(12-18)22(28)25-23-27(3)21-15(2)11-17(24)13-20(21)31-23/h4-13,26H,1-3H3. The van der Waals surface area contributed by atoms with Crippen LogP contribution in [0.3, 0.4) is 0 Å². The zero-order chi connectivity index (χ0) is 23.0. The Morgan fingerprint density at radius 1 is 1.06 bits per heavy atom. The van der Waals surface area contributed by atoms with Crippen LogP contribution >= 0.6 is 22.9 Å². The van der Waals surface area contributed by atoms with Gasteiger partial charge in [-0.3, -0.25) is 9.52 Å². The number of carbonyl (C=O) groups is 1. The molecule has 0 aliphatic rings. The number of nitrogens with one attached hydrogen (secondary N) is 1. The molecule has 0 fully saturated rings. The third-order valence-corrected chi connectivity index (χ3v) is 7.64. The summed E-state index contributed by atoms with van der Waals surface area (Å²) in [5, 5.41) is 0.628. The quantitative estimate of drug-likeness (QED) is 0.439. The first-order valence-corrected chi connectivity index (χ1v) is 12.4. The minimum absolute atomic E-state index is 0.149. The molecule has 6 nitrogen and oxygen atoms in total. The number of benzene rings is 3. The number of amides is 1. The van der Waals surface area contributed by atoms with Crippen LogP contribution in [0.4, 0.5) is 5.69 Å². The number of sulfonamides is 1. The predicted octanol–water partition coefficient (Wildman–Crippen LogP) is 5.05. The van der Waals surface area contributed by atoms with Gasteiger partial charge in [-0.15, -0.1) is 0 Å². The Morgan fingerprint density at radius 3 is 2.50 bits per heavy atom. The number of thiazole rings is 1. The van der Waals surface area contributed by atoms with Crippen LogP contribution in [-0.4, -0.2) is 18.9 Å². The van der Waals surface area contributed by atoms with Gasteiger partial charge in [-0.1, -0.05) is 46.7 Å². The van der Waals surface area contributed by atoms with E-state index in [1.807, 2.05) is 37.6 Å². The normalized spacial score (nSPS) is 12.3. The van der Waals surface area contributed by atoms with Crippen molar-refractivity contribution in [1.82, 2.24) is 4.57 Å². The molecule has 0 aliphatic carbocycles. The van der Waals surface area contributed by atoms with Gasteiger partial charge < -0.3 is 4.57 Å². The molecular formula is C23H20ClN3O3S2. The molecule has 0 radical (unpaired) electrons. The van der Waals surface area contributed by atoms with Crippen LogP contribution in [-0.2, 0) is 17.1 Å². The third kappa shape index (κ3) is 4.48. The highest BCUT2D eigenvalue weighted by atomic mass is 35.5. The van der Waals surface area contributed by atoms with Crippen molar-refractivity contribution in [3.8, 4) is 0 Å². The summed E-state index contributed by atoms with van der Waals surface area (Å²) in [5.74, 6) is -0.465. The van der Waals surface area contributed by atoms with Crippen molar-refractivity contribution in [2.45, 2.75) is 18.7 Å². The van der Waals surface area contributed by atoms with Crippen LogP contribution in [0.5, 0.6) is 0 Å². The molecule has 1 N–H and O–H groups in total. The van der Waals surface area contributed by atoms with E-state index in [0.29, 0.717) is 9.82 Å². The molecule has 3 aromatic carbocycles. The van der Waals surface area contributed by atoms with E-state index in [0.717, 1.165) is 21.3 Å². The molecule has 0 atom stereocenters. The second kappa shape index (κ2) is 8.54. The summed E-state index contributed by atoms with van der Waals surface area (Å²) in [4.78, 5) is 17.8. The number of fused-ring (bicyclic) bond motifs is 1. The lowest BCUT2D eigenvalue weighted by Gasteiger charge is -2.09. The highest BCUT2D eigenvalue weighted by Gasteiger charge is 2.15. The molecular weight excluding hydrogens is 466 g/mol. The van der Waals surface area contributed by atoms with Gasteiger partial charge in [-0.25, -0.2) is 8.42 Å². The Kier molecular flexibility index (Phi) is 5.94. The zero-order valence-electron chi connectivity index (χ0n) is 17.6. The van der Waals surface area contributed by atoms with Gasteiger partial charge in [0.2, 0.25) is 0 Å². The maximum atomic E-state index is 12.8. The fourth-order valence-corrected chi connectivity index (χ4v) is 5.89. The number of hydrogen-bond donors (Lipinski definition) is 1. The van der Waals surface area contributed by atoms with Gasteiger partial charge in [-0.05, 0) is 61.9 Å². The summed E-state index contributed by atoms with van der Waals surface area (Å²) in [6.45, 7) is 3.84. The summed E-state index contributed by atoms with van der Waals surface area (Å²) in [7, 11) is -1.93. The van der Waals surface area contributed by atoms with E-state index in [9.17, 15) is 13.2 Å². The predicted molar refractivity (Wildman–Crippen MR) is 129 cm³/mol. The van der Waals surface area contributed by atoms with Gasteiger partial charge in [0.1, 0.15) is 0 Å². The Morgan fingerprint density at radius 2 is 1.78 bits per heavy atom. The first-order valence-electron chi connectivity index (χ1n) is 9.68. The number of carbonyl (C=O) groups excluding carboxylic acids is 1. The Labute approximate surface area is 194 Å². The average Bonchev–Trinajstić information content (AvgIpc) is 3.03. The van der Waals surface area contributed by atoms with Crippen molar-refractivity contribution in [3.63, 3.8) is 0 Å². The van der Waals surface area contributed by atoms with Crippen LogP contribution in [0.2, 0.25) is 5.02 Å². The number of nitrogens with zero attached hydrogens (tertiary/aromatic N) is 2. The van der Waals surface area contributed by atoms with E-state index in [1.54, 1.807) is 30.3 Å². The van der Waals surface area contributed by atoms with Crippen molar-refractivity contribution in [2.75, 3.05) is 4.72 Å². The molecule has 0 spiro atoms. The van der Waals surface area contributed by atoms with Gasteiger partial charge in [0, 0.05) is 23.3 Å². The summed E-state index contributed by atoms with van der Waals surface area (Å²) >= 11 is 7.52. The monoisotopic (exact) mass is 485 g/mol. The van der Waals surface area contributed by atoms with Crippen molar-refractivity contribution in [2.24, 2.45) is 12.0 Å². The largest absolute Gasteiger partial charge is 0.319 e. The number of aromatic nitrogens is 1. The second-order valence-corrected chi connectivity index (χ2v) is 10.6. The molecule has 164 valence electrons. The number of rotatable bonds is 4. The summed E-state index contributed by atoms with van der Waals surface area (Å²) in [6.07, 6.45) is 0. The molecule has 0 saturated heterocycles. The molecule has 0 saturated carbocycles. The summed E-state index contributed by atoms with van der Waals surface area (Å²) in [5.41, 5.74) is 3.49. The number of anilines is 1. The van der Waals surface area contributed by atoms with Gasteiger partial charge in [-0.2, -0.15) is 4.99 Å². The minimum atomic E-state index is -3.77. The molecule has 9 heteroatoms. The summed E-state index contributed by atoms with van der Waals surface area (Å²) in [6, 6.07) is 16.5. The van der Waals surface area contributed by atoms with E-state index < -0.39 is 15.9 Å².